The Morgan fingerprint density at radius 2 is 0.783 bits per heavy atom. The predicted octanol–water partition coefficient (Wildman–Crippen LogP) is 10.9. The van der Waals surface area contributed by atoms with E-state index in [-0.39, 0.29) is 6.17 Å². The molecule has 0 amide bonds. The first kappa shape index (κ1) is 30.0. The molecule has 6 aromatic carbocycles. The van der Waals surface area contributed by atoms with E-state index in [9.17, 15) is 0 Å². The number of benzene rings is 6. The Morgan fingerprint density at radius 3 is 1.20 bits per heavy atom. The molecule has 0 aliphatic rings. The van der Waals surface area contributed by atoms with Crippen LogP contribution in [0.3, 0.4) is 0 Å². The number of para-hydroxylation sites is 1. The molecule has 0 saturated carbocycles. The van der Waals surface area contributed by atoms with Gasteiger partial charge in [-0.3, -0.25) is 4.99 Å². The van der Waals surface area contributed by atoms with E-state index in [2.05, 4.69) is 24.5 Å². The van der Waals surface area contributed by atoms with Crippen molar-refractivity contribution in [3.8, 4) is 34.5 Å². The van der Waals surface area contributed by atoms with Crippen LogP contribution >= 0.6 is 0 Å². The molecule has 0 aromatic heterocycles. The summed E-state index contributed by atoms with van der Waals surface area (Å²) in [5.41, 5.74) is 5.00. The van der Waals surface area contributed by atoms with Crippen molar-refractivity contribution in [1.82, 2.24) is 0 Å². The Labute approximate surface area is 270 Å². The lowest BCUT2D eigenvalue weighted by Crippen LogP contribution is -2.30. The third-order valence-electron chi connectivity index (χ3n) is 7.05. The van der Waals surface area contributed by atoms with Gasteiger partial charge in [-0.1, -0.05) is 53.6 Å². The molecule has 0 fully saturated rings. The number of hydrogen-bond acceptors (Lipinski definition) is 6. The summed E-state index contributed by atoms with van der Waals surface area (Å²) in [5, 5.41) is 7.05. The van der Waals surface area contributed by atoms with Crippen molar-refractivity contribution >= 4 is 23.3 Å². The molecule has 6 heteroatoms. The summed E-state index contributed by atoms with van der Waals surface area (Å²) in [5.74, 6) is 4.65. The van der Waals surface area contributed by atoms with Crippen LogP contribution in [0.25, 0.3) is 0 Å². The normalized spacial score (nSPS) is 11.5. The Morgan fingerprint density at radius 1 is 0.435 bits per heavy atom. The van der Waals surface area contributed by atoms with Crippen molar-refractivity contribution in [2.24, 2.45) is 4.99 Å². The van der Waals surface area contributed by atoms with Gasteiger partial charge in [0, 0.05) is 17.6 Å². The lowest BCUT2D eigenvalue weighted by molar-refractivity contribution is 0.482. The van der Waals surface area contributed by atoms with Gasteiger partial charge in [0.05, 0.1) is 5.69 Å². The summed E-state index contributed by atoms with van der Waals surface area (Å²) < 4.78 is 17.9. The summed E-state index contributed by atoms with van der Waals surface area (Å²) in [7, 11) is 0. The maximum absolute atomic E-state index is 6.01. The number of hydrogen-bond donors (Lipinski definition) is 2. The molecule has 0 saturated heterocycles. The minimum atomic E-state index is -0.326. The zero-order valence-corrected chi connectivity index (χ0v) is 25.8. The monoisotopic (exact) mass is 605 g/mol. The highest BCUT2D eigenvalue weighted by atomic mass is 16.5. The summed E-state index contributed by atoms with van der Waals surface area (Å²) in [6.45, 7) is 4.11. The highest BCUT2D eigenvalue weighted by molar-refractivity contribution is 5.76. The van der Waals surface area contributed by atoms with Crippen LogP contribution in [-0.4, -0.2) is 12.4 Å². The molecule has 0 aliphatic carbocycles. The van der Waals surface area contributed by atoms with Gasteiger partial charge in [0.1, 0.15) is 40.7 Å². The van der Waals surface area contributed by atoms with E-state index >= 15 is 0 Å². The van der Waals surface area contributed by atoms with Crippen LogP contribution in [0.5, 0.6) is 34.5 Å². The van der Waals surface area contributed by atoms with Gasteiger partial charge >= 0.3 is 0 Å². The van der Waals surface area contributed by atoms with Crippen LogP contribution in [0.4, 0.5) is 17.1 Å². The molecule has 228 valence electrons. The first-order valence-corrected chi connectivity index (χ1v) is 15.1. The first-order valence-electron chi connectivity index (χ1n) is 15.1. The summed E-state index contributed by atoms with van der Waals surface area (Å²) in [6.07, 6.45) is 1.52. The lowest BCUT2D eigenvalue weighted by atomic mass is 10.2. The van der Waals surface area contributed by atoms with Crippen molar-refractivity contribution in [1.29, 1.82) is 0 Å². The van der Waals surface area contributed by atoms with E-state index in [1.807, 2.05) is 158 Å². The van der Waals surface area contributed by atoms with Crippen molar-refractivity contribution < 1.29 is 14.2 Å². The average Bonchev–Trinajstić information content (AvgIpc) is 3.08. The van der Waals surface area contributed by atoms with Crippen molar-refractivity contribution in [2.75, 3.05) is 10.6 Å². The molecule has 0 aliphatic heterocycles. The van der Waals surface area contributed by atoms with E-state index in [0.29, 0.717) is 0 Å². The van der Waals surface area contributed by atoms with E-state index in [1.165, 1.54) is 11.1 Å². The second kappa shape index (κ2) is 14.6. The maximum Gasteiger partial charge on any atom is 0.133 e. The Hall–Kier alpha value is -6.01. The number of aliphatic imine (C=N–C) groups is 1. The zero-order chi connectivity index (χ0) is 31.6. The largest absolute Gasteiger partial charge is 0.457 e. The van der Waals surface area contributed by atoms with Gasteiger partial charge in [-0.2, -0.15) is 0 Å². The molecule has 0 heterocycles. The number of nitrogens with one attached hydrogen (secondary N) is 2. The number of nitrogens with zero attached hydrogens (tertiary/aromatic N) is 1. The average molecular weight is 606 g/mol. The highest BCUT2D eigenvalue weighted by Gasteiger charge is 2.08. The molecule has 1 atom stereocenters. The van der Waals surface area contributed by atoms with E-state index in [4.69, 9.17) is 19.2 Å². The summed E-state index contributed by atoms with van der Waals surface area (Å²) in [6, 6.07) is 49.1. The topological polar surface area (TPSA) is 64.1 Å². The van der Waals surface area contributed by atoms with Gasteiger partial charge in [-0.05, 0) is 123 Å². The van der Waals surface area contributed by atoms with Crippen LogP contribution in [0.2, 0.25) is 0 Å². The third kappa shape index (κ3) is 8.77. The van der Waals surface area contributed by atoms with Crippen LogP contribution in [0, 0.1) is 13.8 Å². The van der Waals surface area contributed by atoms with E-state index in [0.717, 1.165) is 51.6 Å². The first-order chi connectivity index (χ1) is 22.5. The number of anilines is 2. The molecule has 1 unspecified atom stereocenters. The SMILES string of the molecule is Cc1ccc(Oc2ccc(N=CC(Nc3ccc(Oc4ccccc4)cc3)Nc3ccc(Oc4ccc(C)cc4)cc3)cc2)cc1. The molecule has 6 nitrogen and oxygen atoms in total. The van der Waals surface area contributed by atoms with E-state index < -0.39 is 0 Å². The van der Waals surface area contributed by atoms with Gasteiger partial charge in [0.25, 0.3) is 0 Å². The molecule has 0 radical (unpaired) electrons. The highest BCUT2D eigenvalue weighted by Crippen LogP contribution is 2.27. The quantitative estimate of drug-likeness (QED) is 0.107. The number of ether oxygens (including phenoxy) is 3. The van der Waals surface area contributed by atoms with Gasteiger partial charge in [0.2, 0.25) is 0 Å². The number of rotatable bonds is 12. The fourth-order valence-corrected chi connectivity index (χ4v) is 4.58. The lowest BCUT2D eigenvalue weighted by Gasteiger charge is -2.19. The molecule has 0 spiro atoms. The van der Waals surface area contributed by atoms with E-state index in [1.54, 1.807) is 0 Å². The van der Waals surface area contributed by atoms with Crippen LogP contribution in [0.15, 0.2) is 157 Å². The molecular weight excluding hydrogens is 570 g/mol. The Kier molecular flexibility index (Phi) is 9.56. The third-order valence-corrected chi connectivity index (χ3v) is 7.05. The maximum atomic E-state index is 6.01. The Bertz CT molecular complexity index is 1840. The zero-order valence-electron chi connectivity index (χ0n) is 25.8. The molecule has 6 rings (SSSR count). The number of aryl methyl sites for hydroxylation is 2. The molecule has 2 N–H and O–H groups in total. The summed E-state index contributed by atoms with van der Waals surface area (Å²) >= 11 is 0. The van der Waals surface area contributed by atoms with Crippen molar-refractivity contribution in [2.45, 2.75) is 20.0 Å². The van der Waals surface area contributed by atoms with Gasteiger partial charge in [0.15, 0.2) is 0 Å². The van der Waals surface area contributed by atoms with Crippen molar-refractivity contribution in [3.63, 3.8) is 0 Å². The fourth-order valence-electron chi connectivity index (χ4n) is 4.58. The van der Waals surface area contributed by atoms with Crippen molar-refractivity contribution in [3.05, 3.63) is 163 Å². The minimum absolute atomic E-state index is 0.326. The van der Waals surface area contributed by atoms with Crippen LogP contribution in [-0.2, 0) is 0 Å². The van der Waals surface area contributed by atoms with Gasteiger partial charge in [-0.15, -0.1) is 0 Å². The molecule has 6 aromatic rings. The fraction of sp³-hybridized carbons (Fsp3) is 0.0750. The van der Waals surface area contributed by atoms with Crippen LogP contribution < -0.4 is 24.8 Å². The van der Waals surface area contributed by atoms with Gasteiger partial charge < -0.3 is 24.8 Å². The predicted molar refractivity (Wildman–Crippen MR) is 188 cm³/mol. The summed E-state index contributed by atoms with van der Waals surface area (Å²) in [4.78, 5) is 4.76. The second-order valence-corrected chi connectivity index (χ2v) is 10.8. The van der Waals surface area contributed by atoms with Crippen LogP contribution in [0.1, 0.15) is 11.1 Å². The molecule has 0 bridgehead atoms. The standard InChI is InChI=1S/C40H35N3O3/c1-29-8-18-35(19-9-29)45-37-22-12-31(13-23-37)41-28-40(42-32-14-24-38(25-15-32)44-34-6-4-3-5-7-34)43-33-16-26-39(27-17-33)46-36-20-10-30(2)11-21-36/h3-28,40,42-43H,1-2H3. The molecule has 46 heavy (non-hydrogen) atoms. The minimum Gasteiger partial charge on any atom is -0.457 e. The Balaban J connectivity index is 1.15. The smallest absolute Gasteiger partial charge is 0.133 e. The van der Waals surface area contributed by atoms with Gasteiger partial charge in [-0.25, -0.2) is 0 Å². The molecular formula is C40H35N3O3. The second-order valence-electron chi connectivity index (χ2n) is 10.8.